The Morgan fingerprint density at radius 1 is 0.962 bits per heavy atom. The van der Waals surface area contributed by atoms with Crippen LogP contribution in [0.25, 0.3) is 0 Å². The van der Waals surface area contributed by atoms with Crippen LogP contribution in [0, 0.1) is 17.5 Å². The molecule has 2 N–H and O–H groups in total. The van der Waals surface area contributed by atoms with Crippen molar-refractivity contribution >= 4 is 10.0 Å². The number of hydrogen-bond acceptors (Lipinski definition) is 3. The van der Waals surface area contributed by atoms with Gasteiger partial charge in [-0.25, -0.2) is 26.3 Å². The Kier molecular flexibility index (Phi) is 6.80. The summed E-state index contributed by atoms with van der Waals surface area (Å²) >= 11 is 0. The minimum atomic E-state index is -3.47. The largest absolute Gasteiger partial charge is 0.309 e. The Balaban J connectivity index is 2.05. The molecule has 0 heterocycles. The maximum absolute atomic E-state index is 13.2. The van der Waals surface area contributed by atoms with Gasteiger partial charge in [-0.15, -0.1) is 0 Å². The van der Waals surface area contributed by atoms with Crippen LogP contribution in [0.5, 0.6) is 0 Å². The molecular weight excluding hydrogens is 365 g/mol. The first-order valence-electron chi connectivity index (χ1n) is 8.09. The number of sulfonamides is 1. The highest BCUT2D eigenvalue weighted by Gasteiger charge is 2.15. The standard InChI is InChI=1S/C18H21F3N2O2S/c1-12(2)23-26(24,25)11-15-6-4-3-5-14(15)10-22-9-13-7-16(19)18(21)17(20)8-13/h3-8,12,22-23H,9-11H2,1-2H3. The van der Waals surface area contributed by atoms with Gasteiger partial charge in [-0.3, -0.25) is 0 Å². The average molecular weight is 386 g/mol. The molecule has 0 aromatic heterocycles. The zero-order chi connectivity index (χ0) is 19.3. The first kappa shape index (κ1) is 20.4. The first-order valence-corrected chi connectivity index (χ1v) is 9.74. The second kappa shape index (κ2) is 8.66. The van der Waals surface area contributed by atoms with E-state index in [4.69, 9.17) is 0 Å². The van der Waals surface area contributed by atoms with Crippen molar-refractivity contribution in [3.63, 3.8) is 0 Å². The summed E-state index contributed by atoms with van der Waals surface area (Å²) in [6.45, 7) is 3.89. The maximum atomic E-state index is 13.2. The fourth-order valence-corrected chi connectivity index (χ4v) is 4.02. The van der Waals surface area contributed by atoms with Crippen LogP contribution in [0.3, 0.4) is 0 Å². The van der Waals surface area contributed by atoms with Gasteiger partial charge in [-0.05, 0) is 42.7 Å². The molecule has 0 amide bonds. The molecule has 0 saturated heterocycles. The highest BCUT2D eigenvalue weighted by atomic mass is 32.2. The van der Waals surface area contributed by atoms with Gasteiger partial charge in [-0.2, -0.15) is 0 Å². The molecule has 26 heavy (non-hydrogen) atoms. The van der Waals surface area contributed by atoms with E-state index in [0.717, 1.165) is 17.7 Å². The fourth-order valence-electron chi connectivity index (χ4n) is 2.53. The molecule has 0 unspecified atom stereocenters. The van der Waals surface area contributed by atoms with Crippen molar-refractivity contribution in [2.75, 3.05) is 0 Å². The molecule has 2 rings (SSSR count). The molecule has 4 nitrogen and oxygen atoms in total. The second-order valence-electron chi connectivity index (χ2n) is 6.28. The van der Waals surface area contributed by atoms with E-state index in [1.165, 1.54) is 0 Å². The zero-order valence-corrected chi connectivity index (χ0v) is 15.3. The maximum Gasteiger partial charge on any atom is 0.216 e. The third kappa shape index (κ3) is 5.82. The zero-order valence-electron chi connectivity index (χ0n) is 14.5. The Bertz CT molecular complexity index is 847. The summed E-state index contributed by atoms with van der Waals surface area (Å²) in [6, 6.07) is 8.66. The molecule has 0 fully saturated rings. The Morgan fingerprint density at radius 3 is 2.12 bits per heavy atom. The smallest absolute Gasteiger partial charge is 0.216 e. The third-order valence-electron chi connectivity index (χ3n) is 3.57. The topological polar surface area (TPSA) is 58.2 Å². The third-order valence-corrected chi connectivity index (χ3v) is 5.09. The monoisotopic (exact) mass is 386 g/mol. The highest BCUT2D eigenvalue weighted by Crippen LogP contribution is 2.15. The molecule has 2 aromatic carbocycles. The first-order chi connectivity index (χ1) is 12.2. The van der Waals surface area contributed by atoms with E-state index in [-0.39, 0.29) is 23.9 Å². The molecule has 8 heteroatoms. The van der Waals surface area contributed by atoms with Gasteiger partial charge >= 0.3 is 0 Å². The van der Waals surface area contributed by atoms with E-state index in [2.05, 4.69) is 10.0 Å². The van der Waals surface area contributed by atoms with Crippen LogP contribution in [0.1, 0.15) is 30.5 Å². The van der Waals surface area contributed by atoms with Gasteiger partial charge in [0.1, 0.15) is 0 Å². The second-order valence-corrected chi connectivity index (χ2v) is 8.03. The normalized spacial score (nSPS) is 11.9. The van der Waals surface area contributed by atoms with Crippen molar-refractivity contribution in [1.29, 1.82) is 0 Å². The Hall–Kier alpha value is -1.90. The van der Waals surface area contributed by atoms with Crippen LogP contribution in [-0.4, -0.2) is 14.5 Å². The van der Waals surface area contributed by atoms with E-state index in [1.54, 1.807) is 38.1 Å². The highest BCUT2D eigenvalue weighted by molar-refractivity contribution is 7.88. The summed E-state index contributed by atoms with van der Waals surface area (Å²) in [5, 5.41) is 2.99. The van der Waals surface area contributed by atoms with Crippen molar-refractivity contribution in [2.45, 2.75) is 38.7 Å². The molecule has 0 aliphatic carbocycles. The minimum Gasteiger partial charge on any atom is -0.309 e. The van der Waals surface area contributed by atoms with Gasteiger partial charge in [0.2, 0.25) is 10.0 Å². The number of halogens is 3. The molecule has 0 spiro atoms. The lowest BCUT2D eigenvalue weighted by Crippen LogP contribution is -2.31. The van der Waals surface area contributed by atoms with Gasteiger partial charge in [0.15, 0.2) is 17.5 Å². The summed E-state index contributed by atoms with van der Waals surface area (Å²) < 4.78 is 66.2. The van der Waals surface area contributed by atoms with Gasteiger partial charge in [0.05, 0.1) is 5.75 Å². The summed E-state index contributed by atoms with van der Waals surface area (Å²) in [4.78, 5) is 0. The summed E-state index contributed by atoms with van der Waals surface area (Å²) in [5.74, 6) is -4.15. The van der Waals surface area contributed by atoms with Crippen LogP contribution < -0.4 is 10.0 Å². The lowest BCUT2D eigenvalue weighted by Gasteiger charge is -2.13. The number of nitrogens with one attached hydrogen (secondary N) is 2. The molecule has 142 valence electrons. The Morgan fingerprint density at radius 2 is 1.54 bits per heavy atom. The molecule has 0 radical (unpaired) electrons. The SMILES string of the molecule is CC(C)NS(=O)(=O)Cc1ccccc1CNCc1cc(F)c(F)c(F)c1. The van der Waals surface area contributed by atoms with Crippen molar-refractivity contribution in [2.24, 2.45) is 0 Å². The van der Waals surface area contributed by atoms with Gasteiger partial charge in [-0.1, -0.05) is 24.3 Å². The van der Waals surface area contributed by atoms with E-state index >= 15 is 0 Å². The molecular formula is C18H21F3N2O2S. The number of benzene rings is 2. The quantitative estimate of drug-likeness (QED) is 0.685. The van der Waals surface area contributed by atoms with Crippen molar-refractivity contribution in [3.8, 4) is 0 Å². The van der Waals surface area contributed by atoms with Crippen LogP contribution in [0.4, 0.5) is 13.2 Å². The van der Waals surface area contributed by atoms with E-state index in [1.807, 2.05) is 0 Å². The van der Waals surface area contributed by atoms with E-state index in [9.17, 15) is 21.6 Å². The van der Waals surface area contributed by atoms with Crippen LogP contribution >= 0.6 is 0 Å². The lowest BCUT2D eigenvalue weighted by molar-refractivity contribution is 0.444. The molecule has 0 aliphatic heterocycles. The van der Waals surface area contributed by atoms with E-state index < -0.39 is 27.5 Å². The average Bonchev–Trinajstić information content (AvgIpc) is 2.52. The molecule has 0 bridgehead atoms. The predicted octanol–water partition coefficient (Wildman–Crippen LogP) is 3.22. The van der Waals surface area contributed by atoms with Crippen molar-refractivity contribution < 1.29 is 21.6 Å². The molecule has 0 saturated carbocycles. The lowest BCUT2D eigenvalue weighted by atomic mass is 10.1. The van der Waals surface area contributed by atoms with Crippen molar-refractivity contribution in [1.82, 2.24) is 10.0 Å². The Labute approximate surface area is 151 Å². The molecule has 0 aliphatic rings. The van der Waals surface area contributed by atoms with E-state index in [0.29, 0.717) is 12.1 Å². The minimum absolute atomic E-state index is 0.111. The number of rotatable bonds is 8. The summed E-state index contributed by atoms with van der Waals surface area (Å²) in [7, 11) is -3.47. The van der Waals surface area contributed by atoms with Crippen LogP contribution in [0.2, 0.25) is 0 Å². The fraction of sp³-hybridized carbons (Fsp3) is 0.333. The molecule has 2 aromatic rings. The predicted molar refractivity (Wildman–Crippen MR) is 94.2 cm³/mol. The van der Waals surface area contributed by atoms with Gasteiger partial charge in [0.25, 0.3) is 0 Å². The van der Waals surface area contributed by atoms with Gasteiger partial charge < -0.3 is 5.32 Å². The van der Waals surface area contributed by atoms with Crippen molar-refractivity contribution in [3.05, 3.63) is 70.5 Å². The van der Waals surface area contributed by atoms with Gasteiger partial charge in [0, 0.05) is 19.1 Å². The van der Waals surface area contributed by atoms with Crippen LogP contribution in [0.15, 0.2) is 36.4 Å². The number of hydrogen-bond donors (Lipinski definition) is 2. The summed E-state index contributed by atoms with van der Waals surface area (Å²) in [5.41, 5.74) is 1.64. The molecule has 0 atom stereocenters. The van der Waals surface area contributed by atoms with Crippen LogP contribution in [-0.2, 0) is 28.9 Å². The summed E-state index contributed by atoms with van der Waals surface area (Å²) in [6.07, 6.45) is 0.